The fraction of sp³-hybridized carbons (Fsp3) is 0.250. The van der Waals surface area contributed by atoms with Crippen molar-refractivity contribution in [3.8, 4) is 28.5 Å². The Kier molecular flexibility index (Phi) is 7.50. The van der Waals surface area contributed by atoms with E-state index in [4.69, 9.17) is 10.2 Å². The fourth-order valence-corrected chi connectivity index (χ4v) is 4.48. The summed E-state index contributed by atoms with van der Waals surface area (Å²) in [6.45, 7) is 3.87. The predicted molar refractivity (Wildman–Crippen MR) is 123 cm³/mol. The van der Waals surface area contributed by atoms with Crippen LogP contribution in [0.3, 0.4) is 0 Å². The van der Waals surface area contributed by atoms with Gasteiger partial charge in [-0.15, -0.1) is 0 Å². The monoisotopic (exact) mass is 470 g/mol. The third-order valence-corrected chi connectivity index (χ3v) is 6.19. The molecule has 33 heavy (non-hydrogen) atoms. The van der Waals surface area contributed by atoms with Crippen LogP contribution in [0.25, 0.3) is 16.9 Å². The molecule has 3 N–H and O–H groups in total. The number of hydrogen-bond acceptors (Lipinski definition) is 4. The number of carbonyl (C=O) groups is 1. The van der Waals surface area contributed by atoms with Crippen LogP contribution in [0.1, 0.15) is 37.4 Å². The van der Waals surface area contributed by atoms with Gasteiger partial charge in [0.05, 0.1) is 35.6 Å². The van der Waals surface area contributed by atoms with Crippen LogP contribution in [0.5, 0.6) is 0 Å². The molecule has 1 aromatic heterocycles. The lowest BCUT2D eigenvalue weighted by molar-refractivity contribution is -0.138. The minimum atomic E-state index is -4.17. The van der Waals surface area contributed by atoms with E-state index >= 15 is 0 Å². The molecule has 2 atom stereocenters. The lowest BCUT2D eigenvalue weighted by Crippen LogP contribution is -2.17. The minimum absolute atomic E-state index is 0.0770. The SMILES string of the molecule is CC(C)c1c(C#CP(=O)(O)C[C@@H](O)CC(=O)O)c(-c2ccc(F)cc2)nn1-c1ccccc1. The molecular formula is C24H24FN2O5P. The topological polar surface area (TPSA) is 113 Å². The lowest BCUT2D eigenvalue weighted by Gasteiger charge is -2.11. The molecule has 9 heteroatoms. The van der Waals surface area contributed by atoms with E-state index in [-0.39, 0.29) is 5.92 Å². The molecular weight excluding hydrogens is 446 g/mol. The van der Waals surface area contributed by atoms with Crippen LogP contribution in [0, 0.1) is 17.4 Å². The first-order valence-electron chi connectivity index (χ1n) is 10.3. The Bertz CT molecular complexity index is 1240. The van der Waals surface area contributed by atoms with Crippen molar-refractivity contribution in [1.29, 1.82) is 0 Å². The molecule has 3 rings (SSSR count). The first-order valence-corrected chi connectivity index (χ1v) is 12.1. The summed E-state index contributed by atoms with van der Waals surface area (Å²) in [4.78, 5) is 21.0. The van der Waals surface area contributed by atoms with Crippen LogP contribution in [0.2, 0.25) is 0 Å². The molecule has 7 nitrogen and oxygen atoms in total. The lowest BCUT2D eigenvalue weighted by atomic mass is 10.0. The number of benzene rings is 2. The maximum Gasteiger partial charge on any atom is 0.305 e. The Labute approximate surface area is 191 Å². The van der Waals surface area contributed by atoms with E-state index in [2.05, 4.69) is 11.6 Å². The summed E-state index contributed by atoms with van der Waals surface area (Å²) < 4.78 is 27.8. The van der Waals surface area contributed by atoms with Crippen LogP contribution in [0.15, 0.2) is 54.6 Å². The van der Waals surface area contributed by atoms with E-state index in [0.29, 0.717) is 22.5 Å². The smallest absolute Gasteiger partial charge is 0.305 e. The molecule has 3 aromatic rings. The van der Waals surface area contributed by atoms with Crippen molar-refractivity contribution in [3.05, 3.63) is 71.7 Å². The van der Waals surface area contributed by atoms with Crippen molar-refractivity contribution in [3.63, 3.8) is 0 Å². The van der Waals surface area contributed by atoms with E-state index in [9.17, 15) is 23.7 Å². The molecule has 1 heterocycles. The standard InChI is InChI=1S/C24H24FN2O5P/c1-16(2)24-21(12-13-33(31,32)15-20(28)14-22(29)30)23(17-8-10-18(25)11-9-17)26-27(24)19-6-4-3-5-7-19/h3-11,16,20,28H,14-15H2,1-2H3,(H,29,30)(H,31,32)/t20-/m0/s1. The van der Waals surface area contributed by atoms with Crippen molar-refractivity contribution in [2.45, 2.75) is 32.3 Å². The second kappa shape index (κ2) is 10.1. The molecule has 0 spiro atoms. The molecule has 0 aliphatic heterocycles. The fourth-order valence-electron chi connectivity index (χ4n) is 3.40. The Morgan fingerprint density at radius 2 is 1.79 bits per heavy atom. The highest BCUT2D eigenvalue weighted by atomic mass is 31.2. The number of aromatic nitrogens is 2. The zero-order valence-electron chi connectivity index (χ0n) is 18.1. The number of aliphatic hydroxyl groups excluding tert-OH is 1. The average molecular weight is 470 g/mol. The molecule has 0 saturated carbocycles. The number of carboxylic acids is 1. The molecule has 0 saturated heterocycles. The van der Waals surface area contributed by atoms with E-state index < -0.39 is 37.8 Å². The van der Waals surface area contributed by atoms with Gasteiger partial charge in [-0.25, -0.2) is 9.07 Å². The molecule has 0 amide bonds. The van der Waals surface area contributed by atoms with E-state index in [0.717, 1.165) is 5.69 Å². The van der Waals surface area contributed by atoms with Gasteiger partial charge in [0, 0.05) is 5.56 Å². The molecule has 0 bridgehead atoms. The summed E-state index contributed by atoms with van der Waals surface area (Å²) in [6.07, 6.45) is -2.82. The normalized spacial score (nSPS) is 13.8. The first-order chi connectivity index (χ1) is 15.6. The van der Waals surface area contributed by atoms with Gasteiger partial charge in [0.2, 0.25) is 0 Å². The molecule has 0 aliphatic rings. The van der Waals surface area contributed by atoms with E-state index in [1.807, 2.05) is 44.2 Å². The Balaban J connectivity index is 2.16. The summed E-state index contributed by atoms with van der Waals surface area (Å²) in [5.41, 5.74) is 5.20. The molecule has 1 unspecified atom stereocenters. The van der Waals surface area contributed by atoms with Gasteiger partial charge in [-0.3, -0.25) is 9.36 Å². The number of carboxylic acid groups (broad SMARTS) is 1. The largest absolute Gasteiger partial charge is 0.481 e. The maximum atomic E-state index is 13.5. The Hall–Kier alpha value is -3.24. The van der Waals surface area contributed by atoms with Crippen molar-refractivity contribution in [2.24, 2.45) is 0 Å². The van der Waals surface area contributed by atoms with Gasteiger partial charge in [-0.1, -0.05) is 38.0 Å². The van der Waals surface area contributed by atoms with Crippen LogP contribution >= 0.6 is 7.37 Å². The molecule has 0 radical (unpaired) electrons. The molecule has 2 aromatic carbocycles. The maximum absolute atomic E-state index is 13.5. The van der Waals surface area contributed by atoms with Crippen LogP contribution in [-0.4, -0.2) is 43.1 Å². The number of nitrogens with zero attached hydrogens (tertiary/aromatic N) is 2. The summed E-state index contributed by atoms with van der Waals surface area (Å²) in [6, 6.07) is 15.0. The second-order valence-electron chi connectivity index (χ2n) is 7.89. The summed E-state index contributed by atoms with van der Waals surface area (Å²) in [5.74, 6) is 1.00. The van der Waals surface area contributed by atoms with Crippen molar-refractivity contribution in [2.75, 3.05) is 6.16 Å². The molecule has 0 aliphatic carbocycles. The summed E-state index contributed by atoms with van der Waals surface area (Å²) in [7, 11) is -4.17. The number of hydrogen-bond donors (Lipinski definition) is 3. The Morgan fingerprint density at radius 1 is 1.15 bits per heavy atom. The number of rotatable bonds is 7. The van der Waals surface area contributed by atoms with Crippen LogP contribution in [-0.2, 0) is 9.36 Å². The Morgan fingerprint density at radius 3 is 2.36 bits per heavy atom. The molecule has 0 fully saturated rings. The van der Waals surface area contributed by atoms with Gasteiger partial charge >= 0.3 is 5.97 Å². The van der Waals surface area contributed by atoms with E-state index in [1.54, 1.807) is 16.8 Å². The predicted octanol–water partition coefficient (Wildman–Crippen LogP) is 4.22. The van der Waals surface area contributed by atoms with Gasteiger partial charge in [0.15, 0.2) is 0 Å². The zero-order chi connectivity index (χ0) is 24.2. The van der Waals surface area contributed by atoms with Crippen molar-refractivity contribution >= 4 is 13.3 Å². The first kappa shape index (κ1) is 24.4. The third-order valence-electron chi connectivity index (χ3n) is 4.81. The summed E-state index contributed by atoms with van der Waals surface area (Å²) in [5, 5.41) is 23.2. The van der Waals surface area contributed by atoms with Gasteiger partial charge in [0.1, 0.15) is 11.5 Å². The number of aliphatic carboxylic acids is 1. The number of halogens is 1. The van der Waals surface area contributed by atoms with Gasteiger partial charge in [-0.2, -0.15) is 5.10 Å². The second-order valence-corrected chi connectivity index (χ2v) is 9.88. The van der Waals surface area contributed by atoms with Gasteiger partial charge < -0.3 is 15.1 Å². The van der Waals surface area contributed by atoms with Crippen molar-refractivity contribution < 1.29 is 28.9 Å². The minimum Gasteiger partial charge on any atom is -0.481 e. The quantitative estimate of drug-likeness (QED) is 0.352. The number of aliphatic hydroxyl groups is 1. The van der Waals surface area contributed by atoms with Crippen LogP contribution in [0.4, 0.5) is 4.39 Å². The van der Waals surface area contributed by atoms with Crippen LogP contribution < -0.4 is 0 Å². The highest BCUT2D eigenvalue weighted by Crippen LogP contribution is 2.41. The average Bonchev–Trinajstić information content (AvgIpc) is 3.12. The third kappa shape index (κ3) is 6.17. The summed E-state index contributed by atoms with van der Waals surface area (Å²) >= 11 is 0. The van der Waals surface area contributed by atoms with Crippen molar-refractivity contribution in [1.82, 2.24) is 9.78 Å². The number of para-hydroxylation sites is 1. The van der Waals surface area contributed by atoms with Gasteiger partial charge in [-0.05, 0) is 48.0 Å². The molecule has 172 valence electrons. The van der Waals surface area contributed by atoms with E-state index in [1.165, 1.54) is 12.1 Å². The highest BCUT2D eigenvalue weighted by molar-refractivity contribution is 7.63. The zero-order valence-corrected chi connectivity index (χ0v) is 19.0. The van der Waals surface area contributed by atoms with Gasteiger partial charge in [0.25, 0.3) is 7.37 Å². The highest BCUT2D eigenvalue weighted by Gasteiger charge is 2.25.